The number of aryl methyl sites for hydroxylation is 1. The highest BCUT2D eigenvalue weighted by Gasteiger charge is 2.31. The van der Waals surface area contributed by atoms with Crippen molar-refractivity contribution in [1.29, 1.82) is 0 Å². The lowest BCUT2D eigenvalue weighted by Gasteiger charge is -2.27. The normalized spacial score (nSPS) is 17.5. The molecule has 2 amide bonds. The van der Waals surface area contributed by atoms with E-state index in [0.29, 0.717) is 19.1 Å². The third-order valence-electron chi connectivity index (χ3n) is 7.45. The molecule has 1 saturated heterocycles. The van der Waals surface area contributed by atoms with Crippen molar-refractivity contribution in [2.24, 2.45) is 5.92 Å². The number of amides is 2. The van der Waals surface area contributed by atoms with E-state index in [1.165, 1.54) is 0 Å². The molecule has 2 heterocycles. The number of hydrogen-bond donors (Lipinski definition) is 1. The first-order chi connectivity index (χ1) is 18.5. The first kappa shape index (κ1) is 26.0. The Labute approximate surface area is 224 Å². The summed E-state index contributed by atoms with van der Waals surface area (Å²) < 4.78 is 13.0. The van der Waals surface area contributed by atoms with Crippen molar-refractivity contribution in [1.82, 2.24) is 14.5 Å². The maximum atomic E-state index is 13.4. The second kappa shape index (κ2) is 11.8. The molecule has 1 N–H and O–H groups in total. The molecule has 0 radical (unpaired) electrons. The van der Waals surface area contributed by atoms with Crippen LogP contribution in [0.3, 0.4) is 0 Å². The smallest absolute Gasteiger partial charge is 0.246 e. The molecule has 2 aromatic carbocycles. The Balaban J connectivity index is 1.38. The van der Waals surface area contributed by atoms with E-state index in [9.17, 15) is 9.59 Å². The fraction of sp³-hybridized carbons (Fsp3) is 0.433. The molecule has 1 aliphatic carbocycles. The van der Waals surface area contributed by atoms with Crippen LogP contribution in [-0.4, -0.2) is 59.2 Å². The summed E-state index contributed by atoms with van der Waals surface area (Å²) in [6.07, 6.45) is 7.73. The van der Waals surface area contributed by atoms with Gasteiger partial charge in [0.1, 0.15) is 12.3 Å². The molecule has 1 aliphatic heterocycles. The van der Waals surface area contributed by atoms with Gasteiger partial charge < -0.3 is 14.4 Å². The van der Waals surface area contributed by atoms with Crippen LogP contribution in [0, 0.1) is 12.8 Å². The molecule has 5 rings (SSSR count). The highest BCUT2D eigenvalue weighted by atomic mass is 16.5. The van der Waals surface area contributed by atoms with Crippen molar-refractivity contribution in [3.63, 3.8) is 0 Å². The number of anilines is 1. The topological polar surface area (TPSA) is 85.7 Å². The second-order valence-electron chi connectivity index (χ2n) is 10.3. The van der Waals surface area contributed by atoms with Gasteiger partial charge in [-0.3, -0.25) is 19.5 Å². The zero-order chi connectivity index (χ0) is 26.5. The number of benzene rings is 2. The van der Waals surface area contributed by atoms with E-state index in [1.54, 1.807) is 12.0 Å². The zero-order valence-electron chi connectivity index (χ0n) is 22.2. The Hall–Kier alpha value is -3.65. The summed E-state index contributed by atoms with van der Waals surface area (Å²) in [6.45, 7) is 3.18. The van der Waals surface area contributed by atoms with Gasteiger partial charge in [-0.05, 0) is 69.0 Å². The van der Waals surface area contributed by atoms with Gasteiger partial charge in [0.25, 0.3) is 0 Å². The standard InChI is InChI=1S/C30H36N4O4/c1-21-9-13-24(14-10-21)34-19-27(22-11-15-25(37-2)16-12-22)31-30(34)32-28(35)20-33(18-26-8-5-17-38-26)29(36)23-6-3-4-7-23/h9-16,19,23,26H,3-8,17-18,20H2,1-2H3,(H,31,32,35)/t26-/m1/s1. The Morgan fingerprint density at radius 1 is 1.05 bits per heavy atom. The van der Waals surface area contributed by atoms with Crippen molar-refractivity contribution in [3.05, 3.63) is 60.3 Å². The summed E-state index contributed by atoms with van der Waals surface area (Å²) in [6, 6.07) is 15.7. The monoisotopic (exact) mass is 516 g/mol. The lowest BCUT2D eigenvalue weighted by Crippen LogP contribution is -2.44. The third kappa shape index (κ3) is 6.07. The molecule has 0 bridgehead atoms. The maximum Gasteiger partial charge on any atom is 0.246 e. The average molecular weight is 517 g/mol. The molecule has 8 heteroatoms. The fourth-order valence-electron chi connectivity index (χ4n) is 5.31. The van der Waals surface area contributed by atoms with Crippen LogP contribution in [0.15, 0.2) is 54.7 Å². The van der Waals surface area contributed by atoms with Crippen molar-refractivity contribution in [2.75, 3.05) is 32.1 Å². The van der Waals surface area contributed by atoms with Crippen LogP contribution in [0.5, 0.6) is 5.75 Å². The van der Waals surface area contributed by atoms with Crippen molar-refractivity contribution < 1.29 is 19.1 Å². The van der Waals surface area contributed by atoms with Crippen molar-refractivity contribution in [3.8, 4) is 22.7 Å². The van der Waals surface area contributed by atoms with Crippen LogP contribution in [0.4, 0.5) is 5.95 Å². The predicted octanol–water partition coefficient (Wildman–Crippen LogP) is 4.99. The average Bonchev–Trinajstić information content (AvgIpc) is 3.71. The first-order valence-electron chi connectivity index (χ1n) is 13.5. The molecule has 2 fully saturated rings. The Bertz CT molecular complexity index is 1240. The number of rotatable bonds is 9. The van der Waals surface area contributed by atoms with Gasteiger partial charge in [0.05, 0.1) is 18.9 Å². The molecule has 200 valence electrons. The SMILES string of the molecule is COc1ccc(-c2cn(-c3ccc(C)cc3)c(NC(=O)CN(C[C@H]3CCCO3)C(=O)C3CCCC3)n2)cc1. The Morgan fingerprint density at radius 3 is 2.45 bits per heavy atom. The first-order valence-corrected chi connectivity index (χ1v) is 13.5. The molecule has 0 unspecified atom stereocenters. The van der Waals surface area contributed by atoms with Gasteiger partial charge in [-0.15, -0.1) is 0 Å². The number of nitrogens with zero attached hydrogens (tertiary/aromatic N) is 3. The molecule has 2 aliphatic rings. The highest BCUT2D eigenvalue weighted by Crippen LogP contribution is 2.28. The minimum Gasteiger partial charge on any atom is -0.497 e. The summed E-state index contributed by atoms with van der Waals surface area (Å²) >= 11 is 0. The maximum absolute atomic E-state index is 13.4. The molecular weight excluding hydrogens is 480 g/mol. The van der Waals surface area contributed by atoms with Crippen LogP contribution >= 0.6 is 0 Å². The van der Waals surface area contributed by atoms with Crippen molar-refractivity contribution in [2.45, 2.75) is 51.6 Å². The van der Waals surface area contributed by atoms with E-state index in [1.807, 2.05) is 66.2 Å². The highest BCUT2D eigenvalue weighted by molar-refractivity contribution is 5.94. The number of aromatic nitrogens is 2. The van der Waals surface area contributed by atoms with Crippen LogP contribution in [-0.2, 0) is 14.3 Å². The lowest BCUT2D eigenvalue weighted by atomic mass is 10.1. The van der Waals surface area contributed by atoms with E-state index >= 15 is 0 Å². The van der Waals surface area contributed by atoms with Gasteiger partial charge in [0, 0.05) is 36.5 Å². The Kier molecular flexibility index (Phi) is 8.08. The summed E-state index contributed by atoms with van der Waals surface area (Å²) in [5.74, 6) is 0.970. The van der Waals surface area contributed by atoms with E-state index < -0.39 is 0 Å². The summed E-state index contributed by atoms with van der Waals surface area (Å²) in [7, 11) is 1.63. The largest absolute Gasteiger partial charge is 0.497 e. The minimum atomic E-state index is -0.269. The molecule has 0 spiro atoms. The number of carbonyl (C=O) groups excluding carboxylic acids is 2. The molecule has 8 nitrogen and oxygen atoms in total. The number of nitrogens with one attached hydrogen (secondary N) is 1. The van der Waals surface area contributed by atoms with Gasteiger partial charge in [-0.1, -0.05) is 30.5 Å². The summed E-state index contributed by atoms with van der Waals surface area (Å²) in [5, 5.41) is 2.99. The summed E-state index contributed by atoms with van der Waals surface area (Å²) in [5.41, 5.74) is 3.66. The number of imidazole rings is 1. The molecular formula is C30H36N4O4. The van der Waals surface area contributed by atoms with Crippen LogP contribution in [0.25, 0.3) is 16.9 Å². The van der Waals surface area contributed by atoms with Gasteiger partial charge in [0.2, 0.25) is 17.8 Å². The molecule has 1 saturated carbocycles. The number of carbonyl (C=O) groups is 2. The second-order valence-corrected chi connectivity index (χ2v) is 10.3. The molecule has 1 atom stereocenters. The van der Waals surface area contributed by atoms with Crippen molar-refractivity contribution >= 4 is 17.8 Å². The summed E-state index contributed by atoms with van der Waals surface area (Å²) in [4.78, 5) is 33.2. The third-order valence-corrected chi connectivity index (χ3v) is 7.45. The molecule has 3 aromatic rings. The van der Waals surface area contributed by atoms with E-state index in [4.69, 9.17) is 14.5 Å². The minimum absolute atomic E-state index is 0.000391. The van der Waals surface area contributed by atoms with Crippen LogP contribution in [0.1, 0.15) is 44.1 Å². The van der Waals surface area contributed by atoms with E-state index in [-0.39, 0.29) is 30.4 Å². The van der Waals surface area contributed by atoms with Gasteiger partial charge in [-0.25, -0.2) is 4.98 Å². The van der Waals surface area contributed by atoms with Crippen LogP contribution in [0.2, 0.25) is 0 Å². The quantitative estimate of drug-likeness (QED) is 0.433. The Morgan fingerprint density at radius 2 is 1.79 bits per heavy atom. The number of hydrogen-bond acceptors (Lipinski definition) is 5. The van der Waals surface area contributed by atoms with Gasteiger partial charge >= 0.3 is 0 Å². The lowest BCUT2D eigenvalue weighted by molar-refractivity contribution is -0.139. The zero-order valence-corrected chi connectivity index (χ0v) is 22.2. The number of ether oxygens (including phenoxy) is 2. The van der Waals surface area contributed by atoms with E-state index in [0.717, 1.165) is 66.8 Å². The van der Waals surface area contributed by atoms with Crippen LogP contribution < -0.4 is 10.1 Å². The van der Waals surface area contributed by atoms with Gasteiger partial charge in [0.15, 0.2) is 0 Å². The van der Waals surface area contributed by atoms with Gasteiger partial charge in [-0.2, -0.15) is 0 Å². The van der Waals surface area contributed by atoms with E-state index in [2.05, 4.69) is 5.32 Å². The predicted molar refractivity (Wildman–Crippen MR) is 146 cm³/mol. The fourth-order valence-corrected chi connectivity index (χ4v) is 5.31. The molecule has 38 heavy (non-hydrogen) atoms. The molecule has 1 aromatic heterocycles. The number of methoxy groups -OCH3 is 1.